The molecule has 35 heavy (non-hydrogen) atoms. The van der Waals surface area contributed by atoms with E-state index in [2.05, 4.69) is 29.1 Å². The number of pyridine rings is 2. The van der Waals surface area contributed by atoms with Gasteiger partial charge in [-0.25, -0.2) is 14.8 Å². The van der Waals surface area contributed by atoms with Crippen molar-refractivity contribution in [2.24, 2.45) is 0 Å². The summed E-state index contributed by atoms with van der Waals surface area (Å²) in [5.41, 5.74) is 12.5. The summed E-state index contributed by atoms with van der Waals surface area (Å²) in [6.07, 6.45) is 9.15. The van der Waals surface area contributed by atoms with Crippen LogP contribution in [0.15, 0.2) is 55.0 Å². The molecule has 0 spiro atoms. The summed E-state index contributed by atoms with van der Waals surface area (Å²) in [5.74, 6) is 1.20. The number of ether oxygens (including phenoxy) is 1. The van der Waals surface area contributed by atoms with Crippen molar-refractivity contribution >= 4 is 34.4 Å². The Kier molecular flexibility index (Phi) is 10.4. The predicted molar refractivity (Wildman–Crippen MR) is 143 cm³/mol. The van der Waals surface area contributed by atoms with Crippen LogP contribution in [-0.2, 0) is 11.3 Å². The van der Waals surface area contributed by atoms with Gasteiger partial charge in [-0.3, -0.25) is 4.40 Å². The lowest BCUT2D eigenvalue weighted by atomic mass is 10.2. The molecule has 0 aliphatic carbocycles. The zero-order valence-electron chi connectivity index (χ0n) is 21.5. The third-order valence-electron chi connectivity index (χ3n) is 4.82. The Morgan fingerprint density at radius 2 is 1.80 bits per heavy atom. The number of rotatable bonds is 5. The maximum Gasteiger partial charge on any atom is 0.407 e. The highest BCUT2D eigenvalue weighted by atomic mass is 16.6. The molecule has 1 amide bonds. The van der Waals surface area contributed by atoms with Crippen molar-refractivity contribution in [3.05, 3.63) is 55.0 Å². The lowest BCUT2D eigenvalue weighted by Crippen LogP contribution is -2.34. The standard InChI is InChI=1S/C14H20N4O2.C7H7N3.C5H12/c1-14(2,3)20-13(19)16-7-9-18-8-6-10-4-5-11(15)17-12(10)18;8-6-2-1-3-7-9-4-5-10(6)7;1-3-5-4-2/h4-6,8H,7,9H2,1-3H3,(H2,15,17)(H,16,19);1-5H,8H2;3-5H2,1-2H3. The molecule has 190 valence electrons. The average Bonchev–Trinajstić information content (AvgIpc) is 3.42. The van der Waals surface area contributed by atoms with Gasteiger partial charge in [-0.15, -0.1) is 0 Å². The fourth-order valence-corrected chi connectivity index (χ4v) is 3.17. The number of unbranched alkanes of at least 4 members (excludes halogenated alkanes) is 2. The molecular weight excluding hydrogens is 442 g/mol. The van der Waals surface area contributed by atoms with Gasteiger partial charge in [0, 0.05) is 37.1 Å². The number of carbonyl (C=O) groups is 1. The predicted octanol–water partition coefficient (Wildman–Crippen LogP) is 5.26. The number of aromatic nitrogens is 4. The second-order valence-electron chi connectivity index (χ2n) is 9.05. The van der Waals surface area contributed by atoms with Crippen LogP contribution in [0.4, 0.5) is 16.4 Å². The highest BCUT2D eigenvalue weighted by Crippen LogP contribution is 2.15. The van der Waals surface area contributed by atoms with E-state index in [0.29, 0.717) is 18.9 Å². The highest BCUT2D eigenvalue weighted by molar-refractivity contribution is 5.77. The largest absolute Gasteiger partial charge is 0.444 e. The van der Waals surface area contributed by atoms with E-state index in [1.807, 2.05) is 72.5 Å². The van der Waals surface area contributed by atoms with Gasteiger partial charge in [0.2, 0.25) is 0 Å². The minimum Gasteiger partial charge on any atom is -0.444 e. The normalized spacial score (nSPS) is 10.8. The van der Waals surface area contributed by atoms with E-state index < -0.39 is 11.7 Å². The molecule has 0 fully saturated rings. The van der Waals surface area contributed by atoms with Crippen LogP contribution in [0, 0.1) is 0 Å². The van der Waals surface area contributed by atoms with Crippen molar-refractivity contribution < 1.29 is 9.53 Å². The Hall–Kier alpha value is -3.75. The van der Waals surface area contributed by atoms with Gasteiger partial charge in [0.1, 0.15) is 28.5 Å². The van der Waals surface area contributed by atoms with Gasteiger partial charge in [0.05, 0.1) is 0 Å². The van der Waals surface area contributed by atoms with Crippen LogP contribution in [0.1, 0.15) is 53.9 Å². The number of anilines is 2. The summed E-state index contributed by atoms with van der Waals surface area (Å²) in [7, 11) is 0. The van der Waals surface area contributed by atoms with Crippen molar-refractivity contribution in [1.82, 2.24) is 24.3 Å². The highest BCUT2D eigenvalue weighted by Gasteiger charge is 2.15. The average molecular weight is 482 g/mol. The van der Waals surface area contributed by atoms with Crippen molar-refractivity contribution in [3.8, 4) is 0 Å². The molecule has 4 rings (SSSR count). The Morgan fingerprint density at radius 3 is 2.43 bits per heavy atom. The number of hydrogen-bond acceptors (Lipinski definition) is 6. The van der Waals surface area contributed by atoms with Crippen molar-refractivity contribution in [3.63, 3.8) is 0 Å². The van der Waals surface area contributed by atoms with Gasteiger partial charge in [-0.05, 0) is 51.1 Å². The zero-order valence-corrected chi connectivity index (χ0v) is 21.5. The maximum absolute atomic E-state index is 11.5. The number of nitrogens with two attached hydrogens (primary N) is 2. The maximum atomic E-state index is 11.5. The molecule has 0 saturated carbocycles. The molecule has 0 bridgehead atoms. The molecular formula is C26H39N7O2. The van der Waals surface area contributed by atoms with E-state index in [9.17, 15) is 4.79 Å². The van der Waals surface area contributed by atoms with Crippen LogP contribution in [0.25, 0.3) is 16.7 Å². The molecule has 9 nitrogen and oxygen atoms in total. The van der Waals surface area contributed by atoms with Gasteiger partial charge < -0.3 is 26.1 Å². The van der Waals surface area contributed by atoms with Crippen LogP contribution in [0.5, 0.6) is 0 Å². The molecule has 5 N–H and O–H groups in total. The first-order valence-corrected chi connectivity index (χ1v) is 12.0. The zero-order chi connectivity index (χ0) is 25.8. The van der Waals surface area contributed by atoms with Crippen LogP contribution in [0.3, 0.4) is 0 Å². The molecule has 0 aromatic carbocycles. The van der Waals surface area contributed by atoms with E-state index in [1.165, 1.54) is 19.3 Å². The van der Waals surface area contributed by atoms with E-state index in [-0.39, 0.29) is 0 Å². The lowest BCUT2D eigenvalue weighted by Gasteiger charge is -2.19. The number of nitrogens with zero attached hydrogens (tertiary/aromatic N) is 4. The van der Waals surface area contributed by atoms with E-state index in [0.717, 1.165) is 22.5 Å². The Morgan fingerprint density at radius 1 is 1.06 bits per heavy atom. The first kappa shape index (κ1) is 27.5. The summed E-state index contributed by atoms with van der Waals surface area (Å²) in [6.45, 7) is 11.0. The quantitative estimate of drug-likeness (QED) is 0.357. The fourth-order valence-electron chi connectivity index (χ4n) is 3.17. The molecule has 4 aromatic rings. The Labute approximate surface area is 207 Å². The van der Waals surface area contributed by atoms with Crippen molar-refractivity contribution in [1.29, 1.82) is 0 Å². The topological polar surface area (TPSA) is 125 Å². The summed E-state index contributed by atoms with van der Waals surface area (Å²) < 4.78 is 8.95. The van der Waals surface area contributed by atoms with E-state index in [1.54, 1.807) is 12.3 Å². The van der Waals surface area contributed by atoms with Crippen LogP contribution < -0.4 is 16.8 Å². The number of nitrogens with one attached hydrogen (secondary N) is 1. The molecule has 4 heterocycles. The van der Waals surface area contributed by atoms with Crippen LogP contribution >= 0.6 is 0 Å². The molecule has 4 aromatic heterocycles. The van der Waals surface area contributed by atoms with Gasteiger partial charge in [-0.1, -0.05) is 39.2 Å². The van der Waals surface area contributed by atoms with E-state index in [4.69, 9.17) is 16.2 Å². The summed E-state index contributed by atoms with van der Waals surface area (Å²) in [4.78, 5) is 19.9. The minimum absolute atomic E-state index is 0.415. The molecule has 0 unspecified atom stereocenters. The first-order valence-electron chi connectivity index (χ1n) is 12.0. The molecule has 0 atom stereocenters. The molecule has 9 heteroatoms. The minimum atomic E-state index is -0.486. The second-order valence-corrected chi connectivity index (χ2v) is 9.05. The molecule has 0 aliphatic heterocycles. The third kappa shape index (κ3) is 9.19. The molecule has 0 saturated heterocycles. The van der Waals surface area contributed by atoms with Crippen molar-refractivity contribution in [2.75, 3.05) is 18.0 Å². The number of nitrogen functional groups attached to an aromatic ring is 2. The smallest absolute Gasteiger partial charge is 0.407 e. The van der Waals surface area contributed by atoms with Gasteiger partial charge >= 0.3 is 6.09 Å². The number of imidazole rings is 1. The summed E-state index contributed by atoms with van der Waals surface area (Å²) in [6, 6.07) is 11.3. The summed E-state index contributed by atoms with van der Waals surface area (Å²) >= 11 is 0. The van der Waals surface area contributed by atoms with Crippen molar-refractivity contribution in [2.45, 2.75) is 66.0 Å². The monoisotopic (exact) mass is 481 g/mol. The number of fused-ring (bicyclic) bond motifs is 2. The lowest BCUT2D eigenvalue weighted by molar-refractivity contribution is 0.0526. The van der Waals surface area contributed by atoms with Crippen LogP contribution in [0.2, 0.25) is 0 Å². The third-order valence-corrected chi connectivity index (χ3v) is 4.82. The van der Waals surface area contributed by atoms with Gasteiger partial charge in [0.15, 0.2) is 0 Å². The van der Waals surface area contributed by atoms with Crippen LogP contribution in [-0.4, -0.2) is 37.2 Å². The number of hydrogen-bond donors (Lipinski definition) is 3. The second kappa shape index (κ2) is 13.2. The van der Waals surface area contributed by atoms with E-state index >= 15 is 0 Å². The van der Waals surface area contributed by atoms with Gasteiger partial charge in [0.25, 0.3) is 0 Å². The first-order chi connectivity index (χ1) is 16.6. The fraction of sp³-hybridized carbons (Fsp3) is 0.423. The number of alkyl carbamates (subject to hydrolysis) is 1. The summed E-state index contributed by atoms with van der Waals surface area (Å²) in [5, 5.41) is 3.74. The number of carbonyl (C=O) groups excluding carboxylic acids is 1. The molecule has 0 radical (unpaired) electrons. The SMILES string of the molecule is CC(C)(C)OC(=O)NCCn1ccc2ccc(N)nc21.CCCCC.Nc1cccc2nccn12. The number of amides is 1. The molecule has 0 aliphatic rings. The van der Waals surface area contributed by atoms with Gasteiger partial charge in [-0.2, -0.15) is 0 Å². The Bertz CT molecular complexity index is 1190. The Balaban J connectivity index is 0.000000237.